The van der Waals surface area contributed by atoms with Gasteiger partial charge in [-0.2, -0.15) is 0 Å². The maximum absolute atomic E-state index is 4.96. The quantitative estimate of drug-likeness (QED) is 0.526. The highest BCUT2D eigenvalue weighted by Crippen LogP contribution is 2.26. The Balaban J connectivity index is 1.97. The lowest BCUT2D eigenvalue weighted by atomic mass is 9.87. The SMILES string of the molecule is [S]CCCCCCC1CCCCCCC1. The maximum Gasteiger partial charge on any atom is 0.00369 e. The molecule has 0 atom stereocenters. The molecule has 1 rings (SSSR count). The van der Waals surface area contributed by atoms with Crippen LogP contribution in [0.15, 0.2) is 0 Å². The summed E-state index contributed by atoms with van der Waals surface area (Å²) in [6, 6.07) is 0. The van der Waals surface area contributed by atoms with E-state index in [2.05, 4.69) is 0 Å². The molecule has 0 bridgehead atoms. The van der Waals surface area contributed by atoms with E-state index in [1.165, 1.54) is 77.0 Å². The fourth-order valence-electron chi connectivity index (χ4n) is 2.72. The van der Waals surface area contributed by atoms with Crippen LogP contribution in [-0.2, 0) is 0 Å². The molecule has 89 valence electrons. The lowest BCUT2D eigenvalue weighted by molar-refractivity contribution is 0.347. The first-order chi connectivity index (χ1) is 7.43. The van der Waals surface area contributed by atoms with Crippen LogP contribution in [-0.4, -0.2) is 5.75 Å². The molecule has 1 aliphatic rings. The molecule has 0 aromatic heterocycles. The van der Waals surface area contributed by atoms with E-state index in [1.54, 1.807) is 0 Å². The zero-order valence-corrected chi connectivity index (χ0v) is 11.0. The molecule has 0 aromatic carbocycles. The van der Waals surface area contributed by atoms with Gasteiger partial charge in [0.1, 0.15) is 0 Å². The molecule has 15 heavy (non-hydrogen) atoms. The molecular formula is C14H27S. The molecule has 0 heterocycles. The van der Waals surface area contributed by atoms with Crippen molar-refractivity contribution in [2.45, 2.75) is 77.0 Å². The van der Waals surface area contributed by atoms with Gasteiger partial charge in [0, 0.05) is 5.75 Å². The van der Waals surface area contributed by atoms with Crippen LogP contribution < -0.4 is 0 Å². The smallest absolute Gasteiger partial charge is 0.00369 e. The van der Waals surface area contributed by atoms with Gasteiger partial charge < -0.3 is 0 Å². The molecule has 1 heteroatoms. The highest BCUT2D eigenvalue weighted by atomic mass is 32.1. The van der Waals surface area contributed by atoms with Gasteiger partial charge in [0.15, 0.2) is 0 Å². The summed E-state index contributed by atoms with van der Waals surface area (Å²) in [5, 5.41) is 0. The first kappa shape index (κ1) is 13.4. The van der Waals surface area contributed by atoms with Crippen molar-refractivity contribution in [2.75, 3.05) is 5.75 Å². The van der Waals surface area contributed by atoms with Crippen molar-refractivity contribution < 1.29 is 0 Å². The predicted octanol–water partition coefficient (Wildman–Crippen LogP) is 5.49. The summed E-state index contributed by atoms with van der Waals surface area (Å²) in [5.74, 6) is 2.03. The topological polar surface area (TPSA) is 0 Å². The van der Waals surface area contributed by atoms with E-state index in [-0.39, 0.29) is 0 Å². The molecule has 1 saturated carbocycles. The Morgan fingerprint density at radius 2 is 1.33 bits per heavy atom. The Morgan fingerprint density at radius 3 is 2.00 bits per heavy atom. The Hall–Kier alpha value is 0.350. The van der Waals surface area contributed by atoms with Gasteiger partial charge in [-0.25, -0.2) is 0 Å². The van der Waals surface area contributed by atoms with Gasteiger partial charge in [-0.15, -0.1) is 0 Å². The summed E-state index contributed by atoms with van der Waals surface area (Å²) in [6.45, 7) is 0. The molecule has 0 aliphatic heterocycles. The normalized spacial score (nSPS) is 19.8. The second-order valence-electron chi connectivity index (χ2n) is 5.12. The van der Waals surface area contributed by atoms with E-state index in [0.29, 0.717) is 0 Å². The van der Waals surface area contributed by atoms with Crippen LogP contribution in [0, 0.1) is 5.92 Å². The van der Waals surface area contributed by atoms with Gasteiger partial charge in [0.2, 0.25) is 0 Å². The second kappa shape index (κ2) is 9.57. The number of hydrogen-bond donors (Lipinski definition) is 0. The minimum absolute atomic E-state index is 0.962. The van der Waals surface area contributed by atoms with Crippen molar-refractivity contribution in [3.8, 4) is 0 Å². The largest absolute Gasteiger partial charge is 0.0942 e. The second-order valence-corrected chi connectivity index (χ2v) is 5.53. The van der Waals surface area contributed by atoms with Crippen LogP contribution in [0.25, 0.3) is 0 Å². The molecule has 0 nitrogen and oxygen atoms in total. The van der Waals surface area contributed by atoms with E-state index in [4.69, 9.17) is 12.6 Å². The van der Waals surface area contributed by atoms with Crippen molar-refractivity contribution in [1.82, 2.24) is 0 Å². The fraction of sp³-hybridized carbons (Fsp3) is 1.00. The van der Waals surface area contributed by atoms with Gasteiger partial charge in [0.05, 0.1) is 0 Å². The lowest BCUT2D eigenvalue weighted by Gasteiger charge is -2.19. The lowest BCUT2D eigenvalue weighted by Crippen LogP contribution is -2.03. The zero-order valence-electron chi connectivity index (χ0n) is 10.2. The molecule has 1 aliphatic carbocycles. The molecular weight excluding hydrogens is 200 g/mol. The molecule has 0 amide bonds. The Labute approximate surface area is 102 Å². The summed E-state index contributed by atoms with van der Waals surface area (Å²) >= 11 is 4.96. The van der Waals surface area contributed by atoms with Crippen molar-refractivity contribution in [2.24, 2.45) is 5.92 Å². The van der Waals surface area contributed by atoms with Crippen LogP contribution >= 0.6 is 12.6 Å². The third-order valence-electron chi connectivity index (χ3n) is 3.73. The number of rotatable bonds is 6. The zero-order chi connectivity index (χ0) is 10.8. The van der Waals surface area contributed by atoms with E-state index >= 15 is 0 Å². The predicted molar refractivity (Wildman–Crippen MR) is 71.4 cm³/mol. The van der Waals surface area contributed by atoms with E-state index in [9.17, 15) is 0 Å². The van der Waals surface area contributed by atoms with E-state index < -0.39 is 0 Å². The van der Waals surface area contributed by atoms with Crippen LogP contribution in [0.4, 0.5) is 0 Å². The van der Waals surface area contributed by atoms with Gasteiger partial charge >= 0.3 is 0 Å². The minimum atomic E-state index is 0.962. The monoisotopic (exact) mass is 227 g/mol. The third-order valence-corrected chi connectivity index (χ3v) is 4.02. The first-order valence-corrected chi connectivity index (χ1v) is 7.59. The van der Waals surface area contributed by atoms with Crippen LogP contribution in [0.3, 0.4) is 0 Å². The molecule has 0 N–H and O–H groups in total. The Kier molecular flexibility index (Phi) is 8.56. The maximum atomic E-state index is 4.96. The molecule has 0 aromatic rings. The summed E-state index contributed by atoms with van der Waals surface area (Å²) in [6.07, 6.45) is 17.5. The van der Waals surface area contributed by atoms with Gasteiger partial charge in [-0.1, -0.05) is 83.3 Å². The highest BCUT2D eigenvalue weighted by molar-refractivity contribution is 7.80. The van der Waals surface area contributed by atoms with Crippen LogP contribution in [0.1, 0.15) is 77.0 Å². The number of unbranched alkanes of at least 4 members (excludes halogenated alkanes) is 3. The van der Waals surface area contributed by atoms with Gasteiger partial charge in [-0.05, 0) is 12.3 Å². The molecule has 0 spiro atoms. The molecule has 0 saturated heterocycles. The van der Waals surface area contributed by atoms with Crippen LogP contribution in [0.2, 0.25) is 0 Å². The minimum Gasteiger partial charge on any atom is -0.0942 e. The summed E-state index contributed by atoms with van der Waals surface area (Å²) in [4.78, 5) is 0. The van der Waals surface area contributed by atoms with Crippen molar-refractivity contribution in [3.05, 3.63) is 0 Å². The summed E-state index contributed by atoms with van der Waals surface area (Å²) in [7, 11) is 0. The third kappa shape index (κ3) is 7.27. The first-order valence-electron chi connectivity index (χ1n) is 7.01. The van der Waals surface area contributed by atoms with E-state index in [1.807, 2.05) is 0 Å². The molecule has 1 radical (unpaired) electrons. The van der Waals surface area contributed by atoms with Gasteiger partial charge in [-0.3, -0.25) is 0 Å². The average molecular weight is 227 g/mol. The average Bonchev–Trinajstić information content (AvgIpc) is 2.20. The standard InChI is InChI=1S/C14H27S/c15-13-9-5-4-8-12-14-10-6-2-1-3-7-11-14/h14H,1-13H2. The Morgan fingerprint density at radius 1 is 0.733 bits per heavy atom. The Bertz CT molecular complexity index is 125. The van der Waals surface area contributed by atoms with E-state index in [0.717, 1.165) is 11.7 Å². The molecule has 1 fully saturated rings. The molecule has 0 unspecified atom stereocenters. The number of hydrogen-bond acceptors (Lipinski definition) is 0. The summed E-state index contributed by atoms with van der Waals surface area (Å²) < 4.78 is 0. The van der Waals surface area contributed by atoms with Crippen molar-refractivity contribution in [3.63, 3.8) is 0 Å². The fourth-order valence-corrected chi connectivity index (χ4v) is 2.92. The van der Waals surface area contributed by atoms with Crippen molar-refractivity contribution in [1.29, 1.82) is 0 Å². The van der Waals surface area contributed by atoms with Gasteiger partial charge in [0.25, 0.3) is 0 Å². The summed E-state index contributed by atoms with van der Waals surface area (Å²) in [5.41, 5.74) is 0. The highest BCUT2D eigenvalue weighted by Gasteiger charge is 2.10. The van der Waals surface area contributed by atoms with Crippen LogP contribution in [0.5, 0.6) is 0 Å². The van der Waals surface area contributed by atoms with Crippen molar-refractivity contribution >= 4 is 12.6 Å².